The molecular weight excluding hydrogens is 481 g/mol. The number of hydrogen-bond acceptors (Lipinski definition) is 5. The number of phenols is 2. The van der Waals surface area contributed by atoms with Gasteiger partial charge in [-0.1, -0.05) is 64.6 Å². The van der Waals surface area contributed by atoms with Gasteiger partial charge in [0.15, 0.2) is 34.4 Å². The molecule has 5 nitrogen and oxygen atoms in total. The first kappa shape index (κ1) is 19.6. The van der Waals surface area contributed by atoms with Gasteiger partial charge in [-0.25, -0.2) is 9.18 Å². The van der Waals surface area contributed by atoms with Crippen LogP contribution in [0.5, 0.6) is 23.0 Å². The monoisotopic (exact) mass is 486 g/mol. The molecule has 0 fully saturated rings. The van der Waals surface area contributed by atoms with E-state index in [1.54, 1.807) is 18.2 Å². The largest absolute Gasteiger partial charge is 0.505 e. The van der Waals surface area contributed by atoms with E-state index in [1.165, 1.54) is 6.07 Å². The minimum Gasteiger partial charge on any atom is -0.505 e. The molecule has 0 amide bonds. The Balaban J connectivity index is 2.03. The Kier molecular flexibility index (Phi) is 4.12. The number of rotatable bonds is 0. The molecule has 3 aromatic rings. The van der Waals surface area contributed by atoms with Crippen LogP contribution in [-0.2, 0) is 10.3 Å². The second-order valence-electron chi connectivity index (χ2n) is 6.61. The molecule has 1 atom stereocenters. The molecule has 0 aliphatic carbocycles. The molecule has 2 aliphatic rings. The van der Waals surface area contributed by atoms with Crippen molar-refractivity contribution in [3.05, 3.63) is 78.5 Å². The Morgan fingerprint density at radius 2 is 1.53 bits per heavy atom. The Bertz CT molecular complexity index is 1310. The SMILES string of the molecule is O=C1OC2(c3ccccc31)c1cc(F)c(O)c(Cl)c1Oc1c(Cl)c(O)c(Cl)c(Cl)c12. The highest BCUT2D eigenvalue weighted by Gasteiger charge is 2.56. The molecule has 0 aromatic heterocycles. The highest BCUT2D eigenvalue weighted by Crippen LogP contribution is 2.64. The third-order valence-electron chi connectivity index (χ3n) is 5.11. The summed E-state index contributed by atoms with van der Waals surface area (Å²) in [6.45, 7) is 0. The van der Waals surface area contributed by atoms with Gasteiger partial charge in [-0.05, 0) is 12.1 Å². The summed E-state index contributed by atoms with van der Waals surface area (Å²) >= 11 is 25.0. The molecule has 5 rings (SSSR count). The van der Waals surface area contributed by atoms with E-state index < -0.39 is 33.9 Å². The summed E-state index contributed by atoms with van der Waals surface area (Å²) in [5.74, 6) is -3.64. The smallest absolute Gasteiger partial charge is 0.340 e. The van der Waals surface area contributed by atoms with Gasteiger partial charge in [0.2, 0.25) is 0 Å². The Morgan fingerprint density at radius 3 is 2.27 bits per heavy atom. The molecule has 10 heteroatoms. The maximum Gasteiger partial charge on any atom is 0.340 e. The highest BCUT2D eigenvalue weighted by atomic mass is 35.5. The molecule has 0 saturated heterocycles. The van der Waals surface area contributed by atoms with Crippen molar-refractivity contribution < 1.29 is 28.9 Å². The van der Waals surface area contributed by atoms with Crippen molar-refractivity contribution in [1.82, 2.24) is 0 Å². The molecule has 0 radical (unpaired) electrons. The number of phenolic OH excluding ortho intramolecular Hbond substituents is 2. The summed E-state index contributed by atoms with van der Waals surface area (Å²) < 4.78 is 26.0. The van der Waals surface area contributed by atoms with Gasteiger partial charge in [-0.2, -0.15) is 0 Å². The fourth-order valence-corrected chi connectivity index (χ4v) is 4.83. The van der Waals surface area contributed by atoms with Crippen LogP contribution in [-0.4, -0.2) is 16.2 Å². The second kappa shape index (κ2) is 6.31. The maximum absolute atomic E-state index is 14.5. The van der Waals surface area contributed by atoms with E-state index in [0.717, 1.165) is 6.07 Å². The average molecular weight is 488 g/mol. The fraction of sp³-hybridized carbons (Fsp3) is 0.0500. The quantitative estimate of drug-likeness (QED) is 0.282. The zero-order valence-corrected chi connectivity index (χ0v) is 17.4. The summed E-state index contributed by atoms with van der Waals surface area (Å²) in [7, 11) is 0. The number of esters is 1. The van der Waals surface area contributed by atoms with Crippen molar-refractivity contribution in [1.29, 1.82) is 0 Å². The van der Waals surface area contributed by atoms with Crippen LogP contribution in [0.25, 0.3) is 0 Å². The molecule has 2 N–H and O–H groups in total. The molecule has 2 aliphatic heterocycles. The Labute approximate surface area is 188 Å². The highest BCUT2D eigenvalue weighted by molar-refractivity contribution is 6.46. The van der Waals surface area contributed by atoms with Crippen molar-refractivity contribution in [2.45, 2.75) is 5.60 Å². The van der Waals surface area contributed by atoms with Gasteiger partial charge in [0, 0.05) is 5.56 Å². The first-order valence-corrected chi connectivity index (χ1v) is 9.83. The van der Waals surface area contributed by atoms with Crippen LogP contribution in [0, 0.1) is 5.82 Å². The van der Waals surface area contributed by atoms with E-state index >= 15 is 0 Å². The number of carbonyl (C=O) groups excluding carboxylic acids is 1. The third kappa shape index (κ3) is 2.22. The van der Waals surface area contributed by atoms with Gasteiger partial charge >= 0.3 is 5.97 Å². The van der Waals surface area contributed by atoms with Crippen molar-refractivity contribution in [2.75, 3.05) is 0 Å². The molecule has 3 aromatic carbocycles. The van der Waals surface area contributed by atoms with Gasteiger partial charge in [-0.15, -0.1) is 0 Å². The predicted molar refractivity (Wildman–Crippen MR) is 108 cm³/mol. The van der Waals surface area contributed by atoms with Crippen LogP contribution in [0.15, 0.2) is 30.3 Å². The number of hydrogen-bond donors (Lipinski definition) is 2. The van der Waals surface area contributed by atoms with Crippen molar-refractivity contribution in [2.24, 2.45) is 0 Å². The third-order valence-corrected chi connectivity index (χ3v) is 6.66. The van der Waals surface area contributed by atoms with Crippen molar-refractivity contribution >= 4 is 52.4 Å². The zero-order chi connectivity index (χ0) is 21.5. The molecule has 0 bridgehead atoms. The van der Waals surface area contributed by atoms with Crippen LogP contribution >= 0.6 is 46.4 Å². The summed E-state index contributed by atoms with van der Waals surface area (Å²) in [4.78, 5) is 12.7. The lowest BCUT2D eigenvalue weighted by atomic mass is 9.77. The minimum absolute atomic E-state index is 0.0103. The Morgan fingerprint density at radius 1 is 0.867 bits per heavy atom. The standard InChI is InChI=1S/C20H7Cl4FO5/c21-11-10-18(14(24)16(27)12(11)22)29-17-8(5-9(25)15(26)13(17)23)20(10)7-4-2-1-3-6(7)19(28)30-20/h1-5,26-27H. The van der Waals surface area contributed by atoms with E-state index in [-0.39, 0.29) is 43.3 Å². The van der Waals surface area contributed by atoms with Gasteiger partial charge < -0.3 is 19.7 Å². The maximum atomic E-state index is 14.5. The number of ether oxygens (including phenoxy) is 2. The Hall–Kier alpha value is -2.38. The van der Waals surface area contributed by atoms with Crippen LogP contribution in [0.1, 0.15) is 27.0 Å². The molecule has 1 unspecified atom stereocenters. The van der Waals surface area contributed by atoms with Crippen molar-refractivity contribution in [3.8, 4) is 23.0 Å². The molecule has 0 saturated carbocycles. The van der Waals surface area contributed by atoms with Gasteiger partial charge in [-0.3, -0.25) is 0 Å². The fourth-order valence-electron chi connectivity index (χ4n) is 3.83. The molecule has 152 valence electrons. The topological polar surface area (TPSA) is 76.0 Å². The van der Waals surface area contributed by atoms with Crippen molar-refractivity contribution in [3.63, 3.8) is 0 Å². The normalized spacial score (nSPS) is 18.5. The molecule has 2 heterocycles. The van der Waals surface area contributed by atoms with Crippen LogP contribution in [0.3, 0.4) is 0 Å². The minimum atomic E-state index is -1.84. The summed E-state index contributed by atoms with van der Waals surface area (Å²) in [6.07, 6.45) is 0. The predicted octanol–water partition coefficient (Wildman–Crippen LogP) is 6.42. The molecule has 30 heavy (non-hydrogen) atoms. The average Bonchev–Trinajstić information content (AvgIpc) is 3.03. The molecular formula is C20H7Cl4FO5. The summed E-state index contributed by atoms with van der Waals surface area (Å²) in [6, 6.07) is 7.32. The van der Waals surface area contributed by atoms with Gasteiger partial charge in [0.05, 0.1) is 21.7 Å². The van der Waals surface area contributed by atoms with Gasteiger partial charge in [0.25, 0.3) is 0 Å². The number of carbonyl (C=O) groups is 1. The lowest BCUT2D eigenvalue weighted by Crippen LogP contribution is -2.34. The lowest BCUT2D eigenvalue weighted by molar-refractivity contribution is 0.0223. The van der Waals surface area contributed by atoms with Gasteiger partial charge in [0.1, 0.15) is 15.1 Å². The van der Waals surface area contributed by atoms with E-state index in [9.17, 15) is 19.4 Å². The number of benzene rings is 3. The lowest BCUT2D eigenvalue weighted by Gasteiger charge is -2.38. The van der Waals surface area contributed by atoms with Crippen LogP contribution in [0.2, 0.25) is 20.1 Å². The second-order valence-corrected chi connectivity index (χ2v) is 8.12. The van der Waals surface area contributed by atoms with E-state index in [0.29, 0.717) is 5.56 Å². The van der Waals surface area contributed by atoms with Crippen LogP contribution in [0.4, 0.5) is 4.39 Å². The van der Waals surface area contributed by atoms with Crippen LogP contribution < -0.4 is 4.74 Å². The zero-order valence-electron chi connectivity index (χ0n) is 14.4. The summed E-state index contributed by atoms with van der Waals surface area (Å²) in [5, 5.41) is 18.9. The first-order chi connectivity index (χ1) is 14.2. The number of aromatic hydroxyl groups is 2. The van der Waals surface area contributed by atoms with E-state index in [4.69, 9.17) is 55.9 Å². The summed E-state index contributed by atoms with van der Waals surface area (Å²) in [5.41, 5.74) is -1.39. The van der Waals surface area contributed by atoms with E-state index in [2.05, 4.69) is 0 Å². The number of halogens is 5. The van der Waals surface area contributed by atoms with E-state index in [1.807, 2.05) is 0 Å². The molecule has 1 spiro atoms. The number of fused-ring (bicyclic) bond motifs is 6. The first-order valence-electron chi connectivity index (χ1n) is 8.32.